The zero-order chi connectivity index (χ0) is 19.6. The molecule has 13 heteroatoms. The third-order valence-corrected chi connectivity index (χ3v) is 6.09. The Hall–Kier alpha value is -1.31. The molecule has 0 radical (unpaired) electrons. The van der Waals surface area contributed by atoms with E-state index in [1.165, 1.54) is 6.33 Å². The van der Waals surface area contributed by atoms with Crippen LogP contribution in [0.3, 0.4) is 0 Å². The fourth-order valence-corrected chi connectivity index (χ4v) is 4.55. The quantitative estimate of drug-likeness (QED) is 0.573. The second-order valence-corrected chi connectivity index (χ2v) is 8.00. The van der Waals surface area contributed by atoms with Crippen LogP contribution >= 0.6 is 23.7 Å². The highest BCUT2D eigenvalue weighted by molar-refractivity contribution is 7.94. The fourth-order valence-electron chi connectivity index (χ4n) is 4.03. The molecule has 4 rings (SSSR count). The molecule has 0 bridgehead atoms. The van der Waals surface area contributed by atoms with Crippen molar-refractivity contribution in [3.05, 3.63) is 23.1 Å². The van der Waals surface area contributed by atoms with E-state index in [-0.39, 0.29) is 27.9 Å². The molecule has 2 aliphatic rings. The Morgan fingerprint density at radius 3 is 2.67 bits per heavy atom. The van der Waals surface area contributed by atoms with Gasteiger partial charge in [-0.3, -0.25) is 10.3 Å². The zero-order valence-corrected chi connectivity index (χ0v) is 15.8. The van der Waals surface area contributed by atoms with Crippen molar-refractivity contribution in [2.75, 3.05) is 25.0 Å². The van der Waals surface area contributed by atoms with E-state index < -0.39 is 11.7 Å². The monoisotopic (exact) mass is 423 g/mol. The summed E-state index contributed by atoms with van der Waals surface area (Å²) in [4.78, 5) is 5.91. The topological polar surface area (TPSA) is 86.2 Å². The predicted octanol–water partition coefficient (Wildman–Crippen LogP) is 2.43. The Balaban J connectivity index is 1.53. The van der Waals surface area contributed by atoms with Crippen LogP contribution in [-0.4, -0.2) is 55.6 Å². The molecular formula is C14H17ClF3N7OS. The molecule has 8 nitrogen and oxygen atoms in total. The number of aromatic nitrogens is 3. The van der Waals surface area contributed by atoms with Crippen LogP contribution in [0.2, 0.25) is 5.15 Å². The van der Waals surface area contributed by atoms with Gasteiger partial charge in [0, 0.05) is 43.7 Å². The molecule has 148 valence electrons. The summed E-state index contributed by atoms with van der Waals surface area (Å²) in [6, 6.07) is 1.01. The second-order valence-electron chi connectivity index (χ2n) is 7.07. The van der Waals surface area contributed by atoms with Crippen molar-refractivity contribution in [2.24, 2.45) is 10.6 Å². The first kappa shape index (κ1) is 19.0. The van der Waals surface area contributed by atoms with Gasteiger partial charge in [0.25, 0.3) is 0 Å². The van der Waals surface area contributed by atoms with Crippen LogP contribution in [-0.2, 0) is 6.18 Å². The van der Waals surface area contributed by atoms with E-state index in [0.29, 0.717) is 25.2 Å². The predicted molar refractivity (Wildman–Crippen MR) is 93.8 cm³/mol. The van der Waals surface area contributed by atoms with Gasteiger partial charge < -0.3 is 4.90 Å². The molecule has 0 amide bonds. The van der Waals surface area contributed by atoms with E-state index in [1.54, 1.807) is 12.1 Å². The normalized spacial score (nSPS) is 20.0. The number of hydrazine groups is 1. The van der Waals surface area contributed by atoms with E-state index >= 15 is 0 Å². The van der Waals surface area contributed by atoms with Gasteiger partial charge in [0.1, 0.15) is 17.0 Å². The first-order valence-electron chi connectivity index (χ1n) is 8.08. The SMILES string of the molecule is CN(C1CC2(C1)CN(c1ncnn3c(Cl)cc(C(F)(F)F)c13)C2)N(O)SN. The summed E-state index contributed by atoms with van der Waals surface area (Å²) in [5.41, 5.74) is -0.958. The maximum Gasteiger partial charge on any atom is 0.418 e. The van der Waals surface area contributed by atoms with E-state index in [0.717, 1.165) is 28.0 Å². The maximum absolute atomic E-state index is 13.4. The molecule has 1 saturated carbocycles. The minimum Gasteiger partial charge on any atom is -0.354 e. The third kappa shape index (κ3) is 3.04. The van der Waals surface area contributed by atoms with Crippen molar-refractivity contribution in [1.29, 1.82) is 0 Å². The van der Waals surface area contributed by atoms with Crippen LogP contribution in [0.5, 0.6) is 0 Å². The fraction of sp³-hybridized carbons (Fsp3) is 0.571. The molecule has 2 fully saturated rings. The Kier molecular flexibility index (Phi) is 4.48. The third-order valence-electron chi connectivity index (χ3n) is 5.38. The van der Waals surface area contributed by atoms with Gasteiger partial charge in [-0.15, -0.1) is 0 Å². The molecule has 0 atom stereocenters. The van der Waals surface area contributed by atoms with Crippen molar-refractivity contribution in [1.82, 2.24) is 24.2 Å². The molecule has 3 N–H and O–H groups in total. The number of anilines is 1. The lowest BCUT2D eigenvalue weighted by Gasteiger charge is -2.61. The van der Waals surface area contributed by atoms with Gasteiger partial charge in [0.05, 0.1) is 5.56 Å². The highest BCUT2D eigenvalue weighted by Crippen LogP contribution is 2.52. The molecule has 1 aliphatic heterocycles. The second kappa shape index (κ2) is 6.36. The van der Waals surface area contributed by atoms with Gasteiger partial charge in [-0.1, -0.05) is 11.6 Å². The average Bonchev–Trinajstić information content (AvgIpc) is 2.89. The Morgan fingerprint density at radius 2 is 2.07 bits per heavy atom. The van der Waals surface area contributed by atoms with Crippen LogP contribution in [0.25, 0.3) is 5.52 Å². The number of nitrogens with two attached hydrogens (primary N) is 1. The number of fused-ring (bicyclic) bond motifs is 1. The Bertz CT molecular complexity index is 864. The van der Waals surface area contributed by atoms with Crippen LogP contribution in [0, 0.1) is 5.41 Å². The summed E-state index contributed by atoms with van der Waals surface area (Å²) in [6.07, 6.45) is -1.71. The van der Waals surface area contributed by atoms with Crippen molar-refractivity contribution < 1.29 is 18.4 Å². The number of alkyl halides is 3. The lowest BCUT2D eigenvalue weighted by Crippen LogP contribution is -2.67. The zero-order valence-electron chi connectivity index (χ0n) is 14.2. The number of rotatable bonds is 4. The lowest BCUT2D eigenvalue weighted by atomic mass is 9.60. The van der Waals surface area contributed by atoms with Gasteiger partial charge in [0.2, 0.25) is 0 Å². The van der Waals surface area contributed by atoms with E-state index in [9.17, 15) is 18.4 Å². The maximum atomic E-state index is 13.4. The van der Waals surface area contributed by atoms with Gasteiger partial charge in [0.15, 0.2) is 5.82 Å². The first-order chi connectivity index (χ1) is 12.6. The lowest BCUT2D eigenvalue weighted by molar-refractivity contribution is -0.196. The van der Waals surface area contributed by atoms with Gasteiger partial charge in [-0.2, -0.15) is 18.3 Å². The average molecular weight is 424 g/mol. The molecule has 1 spiro atoms. The highest BCUT2D eigenvalue weighted by atomic mass is 35.5. The Morgan fingerprint density at radius 1 is 1.41 bits per heavy atom. The molecule has 27 heavy (non-hydrogen) atoms. The van der Waals surface area contributed by atoms with Crippen molar-refractivity contribution in [2.45, 2.75) is 25.1 Å². The van der Waals surface area contributed by atoms with E-state index in [1.807, 2.05) is 4.90 Å². The molecule has 1 aliphatic carbocycles. The van der Waals surface area contributed by atoms with Gasteiger partial charge in [-0.05, 0) is 23.5 Å². The first-order valence-corrected chi connectivity index (χ1v) is 9.30. The van der Waals surface area contributed by atoms with Gasteiger partial charge in [-0.25, -0.2) is 14.5 Å². The summed E-state index contributed by atoms with van der Waals surface area (Å²) in [6.45, 7) is 1.18. The van der Waals surface area contributed by atoms with Crippen LogP contribution < -0.4 is 10.0 Å². The minimum atomic E-state index is -4.55. The molecular weight excluding hydrogens is 407 g/mol. The molecule has 3 heterocycles. The van der Waals surface area contributed by atoms with Crippen LogP contribution in [0.4, 0.5) is 19.0 Å². The highest BCUT2D eigenvalue weighted by Gasteiger charge is 2.55. The van der Waals surface area contributed by atoms with E-state index in [4.69, 9.17) is 16.7 Å². The molecule has 2 aromatic heterocycles. The summed E-state index contributed by atoms with van der Waals surface area (Å²) in [5, 5.41) is 20.3. The van der Waals surface area contributed by atoms with Crippen LogP contribution in [0.15, 0.2) is 12.4 Å². The minimum absolute atomic E-state index is 0.00968. The Labute approximate surface area is 161 Å². The number of hydrogen-bond donors (Lipinski definition) is 2. The largest absolute Gasteiger partial charge is 0.418 e. The van der Waals surface area contributed by atoms with E-state index in [2.05, 4.69) is 10.1 Å². The molecule has 0 aromatic carbocycles. The van der Waals surface area contributed by atoms with Crippen molar-refractivity contribution in [3.8, 4) is 0 Å². The summed E-state index contributed by atoms with van der Waals surface area (Å²) in [7, 11) is 1.74. The smallest absolute Gasteiger partial charge is 0.354 e. The van der Waals surface area contributed by atoms with Crippen molar-refractivity contribution in [3.63, 3.8) is 0 Å². The van der Waals surface area contributed by atoms with Crippen molar-refractivity contribution >= 4 is 35.1 Å². The standard InChI is InChI=1S/C14H17ClF3N7OS/c1-22(25(26)27-19)8-3-13(4-8)5-23(6-13)12-11-9(14(16,17)18)2-10(15)24(11)21-7-20-12/h2,7-8,26H,3-6,19H2,1H3. The number of hydrogen-bond acceptors (Lipinski definition) is 8. The van der Waals surface area contributed by atoms with Gasteiger partial charge >= 0.3 is 6.18 Å². The van der Waals surface area contributed by atoms with Crippen LogP contribution in [0.1, 0.15) is 18.4 Å². The number of nitrogens with zero attached hydrogens (tertiary/aromatic N) is 6. The molecule has 1 saturated heterocycles. The summed E-state index contributed by atoms with van der Waals surface area (Å²) in [5.74, 6) is 0.230. The summed E-state index contributed by atoms with van der Waals surface area (Å²) >= 11 is 6.63. The molecule has 0 unspecified atom stereocenters. The number of halogens is 4. The molecule has 2 aromatic rings. The summed E-state index contributed by atoms with van der Waals surface area (Å²) < 4.78 is 42.1.